The molecule has 0 aromatic heterocycles. The predicted octanol–water partition coefficient (Wildman–Crippen LogP) is 5.41. The summed E-state index contributed by atoms with van der Waals surface area (Å²) in [5.74, 6) is 0.0873. The van der Waals surface area contributed by atoms with Crippen LogP contribution in [0.5, 0.6) is 0 Å². The monoisotopic (exact) mass is 421 g/mol. The van der Waals surface area contributed by atoms with Gasteiger partial charge in [-0.25, -0.2) is 0 Å². The minimum absolute atomic E-state index is 0.0873. The van der Waals surface area contributed by atoms with Crippen LogP contribution in [0.25, 0.3) is 0 Å². The van der Waals surface area contributed by atoms with Crippen LogP contribution in [-0.2, 0) is 8.85 Å². The summed E-state index contributed by atoms with van der Waals surface area (Å²) in [6.07, 6.45) is 3.54. The molecule has 25 heavy (non-hydrogen) atoms. The van der Waals surface area contributed by atoms with Crippen molar-refractivity contribution in [2.75, 3.05) is 14.2 Å². The molecule has 142 valence electrons. The Hall–Kier alpha value is -0.596. The Labute approximate surface area is 164 Å². The summed E-state index contributed by atoms with van der Waals surface area (Å²) in [6.45, 7) is 1.82. The van der Waals surface area contributed by atoms with Gasteiger partial charge in [-0.15, -0.1) is 22.2 Å². The van der Waals surface area contributed by atoms with E-state index in [2.05, 4.69) is 18.2 Å². The van der Waals surface area contributed by atoms with Crippen LogP contribution in [0.4, 0.5) is 0 Å². The lowest BCUT2D eigenvalue weighted by Gasteiger charge is -2.26. The van der Waals surface area contributed by atoms with E-state index in [9.17, 15) is 0 Å². The van der Waals surface area contributed by atoms with Gasteiger partial charge >= 0.3 is 8.56 Å². The molecule has 0 spiro atoms. The second-order valence-electron chi connectivity index (χ2n) is 5.98. The van der Waals surface area contributed by atoms with Crippen LogP contribution in [0.2, 0.25) is 24.7 Å². The summed E-state index contributed by atoms with van der Waals surface area (Å²) >= 11 is 11.7. The van der Waals surface area contributed by atoms with E-state index >= 15 is 0 Å². The molecule has 5 nitrogen and oxygen atoms in total. The first kappa shape index (κ1) is 26.6. The lowest BCUT2D eigenvalue weighted by molar-refractivity contribution is 0.239. The number of nitrogens with zero attached hydrogens (tertiary/aromatic N) is 3. The Bertz CT molecular complexity index is 442. The molecule has 0 aromatic carbocycles. The third-order valence-corrected chi connectivity index (χ3v) is 9.69. The largest absolute Gasteiger partial charge is 0.398 e. The normalized spacial score (nSPS) is 12.1. The Balaban J connectivity index is 0. The van der Waals surface area contributed by atoms with Crippen molar-refractivity contribution in [1.29, 1.82) is 15.8 Å². The van der Waals surface area contributed by atoms with Crippen LogP contribution in [-0.4, -0.2) is 29.5 Å². The van der Waals surface area contributed by atoms with Gasteiger partial charge in [-0.2, -0.15) is 15.8 Å². The van der Waals surface area contributed by atoms with Crippen LogP contribution in [0.1, 0.15) is 39.0 Å². The van der Waals surface area contributed by atoms with Crippen molar-refractivity contribution in [2.45, 2.75) is 63.7 Å². The van der Waals surface area contributed by atoms with Crippen molar-refractivity contribution in [3.05, 3.63) is 0 Å². The zero-order chi connectivity index (χ0) is 19.8. The summed E-state index contributed by atoms with van der Waals surface area (Å²) in [5.41, 5.74) is 0. The molecule has 1 atom stereocenters. The van der Waals surface area contributed by atoms with Crippen LogP contribution < -0.4 is 0 Å². The molecule has 0 saturated heterocycles. The van der Waals surface area contributed by atoms with Gasteiger partial charge in [0.25, 0.3) is 0 Å². The van der Waals surface area contributed by atoms with E-state index in [0.717, 1.165) is 37.4 Å². The molecule has 0 aliphatic heterocycles. The summed E-state index contributed by atoms with van der Waals surface area (Å²) in [7, 11) is 1.20. The van der Waals surface area contributed by atoms with Gasteiger partial charge < -0.3 is 8.85 Å². The molecule has 0 radical (unpaired) electrons. The molecule has 9 heteroatoms. The summed E-state index contributed by atoms with van der Waals surface area (Å²) in [5, 5.41) is 25.3. The van der Waals surface area contributed by atoms with E-state index in [1.165, 1.54) is 0 Å². The van der Waals surface area contributed by atoms with Crippen LogP contribution >= 0.6 is 22.2 Å². The van der Waals surface area contributed by atoms with E-state index in [0.29, 0.717) is 12.8 Å². The Morgan fingerprint density at radius 3 is 1.64 bits per heavy atom. The highest BCUT2D eigenvalue weighted by atomic mass is 35.7. The highest BCUT2D eigenvalue weighted by Gasteiger charge is 2.33. The topological polar surface area (TPSA) is 89.8 Å². The van der Waals surface area contributed by atoms with Crippen LogP contribution in [0.3, 0.4) is 0 Å². The lowest BCUT2D eigenvalue weighted by atomic mass is 10.1. The highest BCUT2D eigenvalue weighted by molar-refractivity contribution is 7.44. The lowest BCUT2D eigenvalue weighted by Crippen LogP contribution is -2.39. The Morgan fingerprint density at radius 1 is 0.920 bits per heavy atom. The summed E-state index contributed by atoms with van der Waals surface area (Å²) < 4.78 is 11.0. The summed E-state index contributed by atoms with van der Waals surface area (Å²) in [6, 6.07) is 8.85. The third kappa shape index (κ3) is 16.6. The predicted molar refractivity (Wildman–Crippen MR) is 107 cm³/mol. The number of halogens is 2. The van der Waals surface area contributed by atoms with Gasteiger partial charge in [0.2, 0.25) is 6.69 Å². The quantitative estimate of drug-likeness (QED) is 0.252. The van der Waals surface area contributed by atoms with Crippen molar-refractivity contribution < 1.29 is 8.85 Å². The molecule has 0 aromatic rings. The van der Waals surface area contributed by atoms with E-state index in [1.807, 2.05) is 13.5 Å². The van der Waals surface area contributed by atoms with Gasteiger partial charge in [0.05, 0.1) is 18.2 Å². The molecule has 0 saturated carbocycles. The summed E-state index contributed by atoms with van der Waals surface area (Å²) in [4.78, 5) is 0. The number of hydrogen-bond donors (Lipinski definition) is 0. The highest BCUT2D eigenvalue weighted by Crippen LogP contribution is 2.24. The standard InChI is InChI=1S/C10H18N2O2Si.C6H11Cl2NSi/c1-13-15(14-2,9-5-3-7-11)10-6-4-8-12;1-6(5-9)3-4-10(2,7)8/h3-6,9-10H2,1-2H3;6H,3-4H2,1-2H3. The minimum Gasteiger partial charge on any atom is -0.398 e. The first-order valence-corrected chi connectivity index (χ1v) is 15.3. The van der Waals surface area contributed by atoms with Crippen LogP contribution in [0, 0.1) is 39.9 Å². The smallest absolute Gasteiger partial charge is 0.337 e. The van der Waals surface area contributed by atoms with E-state index in [-0.39, 0.29) is 5.92 Å². The van der Waals surface area contributed by atoms with Gasteiger partial charge in [0.1, 0.15) is 0 Å². The molecule has 0 N–H and O–H groups in total. The maximum Gasteiger partial charge on any atom is 0.337 e. The first-order chi connectivity index (χ1) is 11.7. The average molecular weight is 423 g/mol. The van der Waals surface area contributed by atoms with Gasteiger partial charge in [-0.1, -0.05) is 0 Å². The molecule has 1 unspecified atom stereocenters. The van der Waals surface area contributed by atoms with Gasteiger partial charge in [0.15, 0.2) is 0 Å². The second-order valence-corrected chi connectivity index (χ2v) is 17.8. The maximum absolute atomic E-state index is 8.46. The number of rotatable bonds is 11. The van der Waals surface area contributed by atoms with Crippen LogP contribution in [0.15, 0.2) is 0 Å². The van der Waals surface area contributed by atoms with Crippen molar-refractivity contribution >= 4 is 37.4 Å². The van der Waals surface area contributed by atoms with Crippen molar-refractivity contribution in [3.63, 3.8) is 0 Å². The van der Waals surface area contributed by atoms with Crippen molar-refractivity contribution in [3.8, 4) is 18.2 Å². The fourth-order valence-corrected chi connectivity index (χ4v) is 6.28. The molecule has 0 aliphatic rings. The Kier molecular flexibility index (Phi) is 16.7. The molecule has 0 heterocycles. The molecule has 0 aliphatic carbocycles. The minimum atomic E-state index is -2.12. The number of nitriles is 3. The number of unbranched alkanes of at least 4 members (excludes halogenated alkanes) is 2. The number of hydrogen-bond acceptors (Lipinski definition) is 5. The SMILES string of the molecule is CC(C#N)CC[Si](C)(Cl)Cl.CO[Si](CCCC#N)(CCCC#N)OC. The van der Waals surface area contributed by atoms with Gasteiger partial charge in [0, 0.05) is 33.0 Å². The third-order valence-electron chi connectivity index (χ3n) is 3.67. The van der Waals surface area contributed by atoms with E-state index in [1.54, 1.807) is 14.2 Å². The average Bonchev–Trinajstić information content (AvgIpc) is 2.58. The van der Waals surface area contributed by atoms with Crippen molar-refractivity contribution in [2.24, 2.45) is 5.92 Å². The van der Waals surface area contributed by atoms with E-state index in [4.69, 9.17) is 46.8 Å². The Morgan fingerprint density at radius 2 is 1.36 bits per heavy atom. The first-order valence-electron chi connectivity index (χ1n) is 8.32. The molecular weight excluding hydrogens is 393 g/mol. The second kappa shape index (κ2) is 15.6. The molecular formula is C16H29Cl2N3O2Si2. The molecule has 0 rings (SSSR count). The molecule has 0 amide bonds. The zero-order valence-electron chi connectivity index (χ0n) is 15.6. The van der Waals surface area contributed by atoms with Gasteiger partial charge in [-0.05, 0) is 50.9 Å². The maximum atomic E-state index is 8.46. The molecule has 0 bridgehead atoms. The fraction of sp³-hybridized carbons (Fsp3) is 0.812. The van der Waals surface area contributed by atoms with E-state index < -0.39 is 15.3 Å². The molecule has 0 fully saturated rings. The van der Waals surface area contributed by atoms with Crippen molar-refractivity contribution in [1.82, 2.24) is 0 Å². The zero-order valence-corrected chi connectivity index (χ0v) is 19.2. The fourth-order valence-electron chi connectivity index (χ4n) is 2.02. The van der Waals surface area contributed by atoms with Gasteiger partial charge in [-0.3, -0.25) is 0 Å².